The van der Waals surface area contributed by atoms with Gasteiger partial charge < -0.3 is 20.3 Å². The van der Waals surface area contributed by atoms with Gasteiger partial charge in [0, 0.05) is 37.8 Å². The topological polar surface area (TPSA) is 126 Å². The van der Waals surface area contributed by atoms with Gasteiger partial charge in [-0.1, -0.05) is 12.1 Å². The van der Waals surface area contributed by atoms with E-state index in [4.69, 9.17) is 4.74 Å². The van der Waals surface area contributed by atoms with Crippen molar-refractivity contribution in [2.45, 2.75) is 44.5 Å². The lowest BCUT2D eigenvalue weighted by Crippen LogP contribution is -2.52. The van der Waals surface area contributed by atoms with Gasteiger partial charge in [0.05, 0.1) is 0 Å². The third-order valence-corrected chi connectivity index (χ3v) is 6.06. The fraction of sp³-hybridized carbons (Fsp3) is 0.409. The standard InChI is InChI=1S/C22H24N6O4/c29-19-5-4-17(20(30)27-19)28-12-16-13(2-1-3-15(16)21(28)31)10-25-18-7-9-24-22(26-18)32-14-6-8-23-11-14/h1-3,7,9,14,17,23H,4-6,8,10-12H2,(H,24,25,26)(H,27,29,30). The zero-order valence-corrected chi connectivity index (χ0v) is 17.5. The second-order valence-corrected chi connectivity index (χ2v) is 8.15. The molecule has 2 saturated heterocycles. The van der Waals surface area contributed by atoms with Gasteiger partial charge in [0.25, 0.3) is 5.91 Å². The molecular formula is C22H24N6O4. The minimum absolute atomic E-state index is 0.0759. The number of nitrogens with zero attached hydrogens (tertiary/aromatic N) is 3. The van der Waals surface area contributed by atoms with E-state index < -0.39 is 11.9 Å². The molecule has 166 valence electrons. The normalized spacial score (nSPS) is 22.6. The first kappa shape index (κ1) is 20.4. The summed E-state index contributed by atoms with van der Waals surface area (Å²) < 4.78 is 5.82. The number of hydrogen-bond acceptors (Lipinski definition) is 8. The van der Waals surface area contributed by atoms with Crippen molar-refractivity contribution in [2.75, 3.05) is 18.4 Å². The van der Waals surface area contributed by atoms with Gasteiger partial charge in [-0.2, -0.15) is 4.98 Å². The van der Waals surface area contributed by atoms with Crippen LogP contribution in [0.2, 0.25) is 0 Å². The molecule has 3 amide bonds. The van der Waals surface area contributed by atoms with Crippen molar-refractivity contribution < 1.29 is 19.1 Å². The largest absolute Gasteiger partial charge is 0.459 e. The quantitative estimate of drug-likeness (QED) is 0.562. The van der Waals surface area contributed by atoms with Gasteiger partial charge >= 0.3 is 6.01 Å². The highest BCUT2D eigenvalue weighted by atomic mass is 16.5. The Bertz CT molecular complexity index is 1070. The van der Waals surface area contributed by atoms with E-state index in [0.717, 1.165) is 30.6 Å². The maximum absolute atomic E-state index is 13.0. The van der Waals surface area contributed by atoms with E-state index in [1.54, 1.807) is 23.2 Å². The molecule has 3 aliphatic heterocycles. The van der Waals surface area contributed by atoms with Crippen LogP contribution in [0.4, 0.5) is 5.82 Å². The first-order valence-corrected chi connectivity index (χ1v) is 10.8. The highest BCUT2D eigenvalue weighted by molar-refractivity contribution is 6.05. The molecule has 4 heterocycles. The van der Waals surface area contributed by atoms with E-state index in [1.807, 2.05) is 12.1 Å². The van der Waals surface area contributed by atoms with E-state index in [0.29, 0.717) is 36.9 Å². The number of hydrogen-bond donors (Lipinski definition) is 3. The second-order valence-electron chi connectivity index (χ2n) is 8.15. The Labute approximate surface area is 184 Å². The molecule has 10 heteroatoms. The fourth-order valence-electron chi connectivity index (χ4n) is 4.38. The highest BCUT2D eigenvalue weighted by Gasteiger charge is 2.39. The van der Waals surface area contributed by atoms with E-state index >= 15 is 0 Å². The number of carbonyl (C=O) groups excluding carboxylic acids is 3. The predicted molar refractivity (Wildman–Crippen MR) is 114 cm³/mol. The van der Waals surface area contributed by atoms with Crippen LogP contribution in [0, 0.1) is 0 Å². The molecule has 2 atom stereocenters. The van der Waals surface area contributed by atoms with Crippen molar-refractivity contribution in [3.05, 3.63) is 47.2 Å². The number of imide groups is 1. The van der Waals surface area contributed by atoms with Gasteiger partial charge in [-0.05, 0) is 42.6 Å². The lowest BCUT2D eigenvalue weighted by Gasteiger charge is -2.29. The molecule has 0 saturated carbocycles. The summed E-state index contributed by atoms with van der Waals surface area (Å²) >= 11 is 0. The molecule has 1 aromatic carbocycles. The minimum atomic E-state index is -0.625. The molecule has 3 aliphatic rings. The summed E-state index contributed by atoms with van der Waals surface area (Å²) in [5.74, 6) is -0.255. The summed E-state index contributed by atoms with van der Waals surface area (Å²) in [5, 5.41) is 8.85. The lowest BCUT2D eigenvalue weighted by molar-refractivity contribution is -0.136. The minimum Gasteiger partial charge on any atom is -0.459 e. The zero-order valence-electron chi connectivity index (χ0n) is 17.5. The van der Waals surface area contributed by atoms with Crippen molar-refractivity contribution in [2.24, 2.45) is 0 Å². The number of ether oxygens (including phenoxy) is 1. The molecule has 2 aromatic rings. The Morgan fingerprint density at radius 1 is 1.19 bits per heavy atom. The average Bonchev–Trinajstić information content (AvgIpc) is 3.41. The van der Waals surface area contributed by atoms with Crippen LogP contribution in [0.1, 0.15) is 40.7 Å². The van der Waals surface area contributed by atoms with Crippen LogP contribution in [-0.4, -0.2) is 57.8 Å². The van der Waals surface area contributed by atoms with Crippen molar-refractivity contribution in [1.82, 2.24) is 25.5 Å². The summed E-state index contributed by atoms with van der Waals surface area (Å²) in [6.07, 6.45) is 3.23. The van der Waals surface area contributed by atoms with Gasteiger partial charge in [0.2, 0.25) is 11.8 Å². The van der Waals surface area contributed by atoms with Crippen molar-refractivity contribution in [3.63, 3.8) is 0 Å². The maximum Gasteiger partial charge on any atom is 0.318 e. The van der Waals surface area contributed by atoms with Crippen LogP contribution in [0.25, 0.3) is 0 Å². The number of benzene rings is 1. The van der Waals surface area contributed by atoms with Crippen LogP contribution in [0.5, 0.6) is 6.01 Å². The Morgan fingerprint density at radius 2 is 2.09 bits per heavy atom. The van der Waals surface area contributed by atoms with E-state index in [1.165, 1.54) is 0 Å². The number of aromatic nitrogens is 2. The van der Waals surface area contributed by atoms with Crippen LogP contribution in [-0.2, 0) is 22.7 Å². The van der Waals surface area contributed by atoms with Crippen molar-refractivity contribution in [3.8, 4) is 6.01 Å². The summed E-state index contributed by atoms with van der Waals surface area (Å²) in [5.41, 5.74) is 2.43. The van der Waals surface area contributed by atoms with Crippen LogP contribution in [0.3, 0.4) is 0 Å². The monoisotopic (exact) mass is 436 g/mol. The molecule has 10 nitrogen and oxygen atoms in total. The molecule has 32 heavy (non-hydrogen) atoms. The summed E-state index contributed by atoms with van der Waals surface area (Å²) in [4.78, 5) is 46.9. The molecule has 3 N–H and O–H groups in total. The number of piperidine rings is 1. The number of rotatable bonds is 6. The molecule has 0 radical (unpaired) electrons. The van der Waals surface area contributed by atoms with E-state index in [-0.39, 0.29) is 24.3 Å². The summed E-state index contributed by atoms with van der Waals surface area (Å²) in [7, 11) is 0. The van der Waals surface area contributed by atoms with Gasteiger partial charge in [-0.3, -0.25) is 19.7 Å². The first-order chi connectivity index (χ1) is 15.6. The SMILES string of the molecule is O=C1CCC(N2Cc3c(CNc4ccnc(OC5CCNC5)n4)cccc3C2=O)C(=O)N1. The number of nitrogens with one attached hydrogen (secondary N) is 3. The summed E-state index contributed by atoms with van der Waals surface area (Å²) in [6, 6.07) is 7.05. The van der Waals surface area contributed by atoms with Crippen molar-refractivity contribution in [1.29, 1.82) is 0 Å². The number of amides is 3. The molecule has 0 bridgehead atoms. The fourth-order valence-corrected chi connectivity index (χ4v) is 4.38. The molecule has 0 aliphatic carbocycles. The van der Waals surface area contributed by atoms with Gasteiger partial charge in [-0.25, -0.2) is 4.98 Å². The number of carbonyl (C=O) groups is 3. The Balaban J connectivity index is 1.28. The third-order valence-electron chi connectivity index (χ3n) is 6.06. The zero-order chi connectivity index (χ0) is 22.1. The van der Waals surface area contributed by atoms with Gasteiger partial charge in [-0.15, -0.1) is 0 Å². The average molecular weight is 436 g/mol. The highest BCUT2D eigenvalue weighted by Crippen LogP contribution is 2.30. The molecule has 1 aromatic heterocycles. The van der Waals surface area contributed by atoms with Crippen LogP contribution >= 0.6 is 0 Å². The van der Waals surface area contributed by atoms with Gasteiger partial charge in [0.1, 0.15) is 18.0 Å². The molecule has 5 rings (SSSR count). The molecule has 2 fully saturated rings. The second kappa shape index (κ2) is 8.54. The Morgan fingerprint density at radius 3 is 2.91 bits per heavy atom. The number of fused-ring (bicyclic) bond motifs is 1. The lowest BCUT2D eigenvalue weighted by atomic mass is 10.0. The third kappa shape index (κ3) is 4.01. The Hall–Kier alpha value is -3.53. The smallest absolute Gasteiger partial charge is 0.318 e. The molecule has 2 unspecified atom stereocenters. The van der Waals surface area contributed by atoms with Crippen LogP contribution in [0.15, 0.2) is 30.5 Å². The molecule has 0 spiro atoms. The first-order valence-electron chi connectivity index (χ1n) is 10.8. The summed E-state index contributed by atoms with van der Waals surface area (Å²) in [6.45, 7) is 2.51. The Kier molecular flexibility index (Phi) is 5.44. The van der Waals surface area contributed by atoms with Gasteiger partial charge in [0.15, 0.2) is 0 Å². The number of anilines is 1. The van der Waals surface area contributed by atoms with Crippen LogP contribution < -0.4 is 20.7 Å². The van der Waals surface area contributed by atoms with E-state index in [2.05, 4.69) is 25.9 Å². The predicted octanol–water partition coefficient (Wildman–Crippen LogP) is 0.590. The van der Waals surface area contributed by atoms with E-state index in [9.17, 15) is 14.4 Å². The van der Waals surface area contributed by atoms with Crippen molar-refractivity contribution >= 4 is 23.5 Å². The maximum atomic E-state index is 13.0. The molecular weight excluding hydrogens is 412 g/mol.